The van der Waals surface area contributed by atoms with E-state index >= 15 is 0 Å². The Labute approximate surface area is 154 Å². The summed E-state index contributed by atoms with van der Waals surface area (Å²) in [6, 6.07) is 8.15. The second kappa shape index (κ2) is 7.17. The number of aliphatic carboxylic acids is 1. The van der Waals surface area contributed by atoms with Crippen molar-refractivity contribution >= 4 is 35.2 Å². The molecular formula is C17H17ClN4O4. The molecule has 2 N–H and O–H groups in total. The normalized spacial score (nSPS) is 19.6. The van der Waals surface area contributed by atoms with Crippen LogP contribution in [-0.4, -0.2) is 44.6 Å². The van der Waals surface area contributed by atoms with Gasteiger partial charge >= 0.3 is 5.97 Å². The molecule has 1 aliphatic heterocycles. The monoisotopic (exact) mass is 376 g/mol. The van der Waals surface area contributed by atoms with Crippen molar-refractivity contribution in [2.45, 2.75) is 19.0 Å². The van der Waals surface area contributed by atoms with Gasteiger partial charge in [0.25, 0.3) is 0 Å². The molecule has 26 heavy (non-hydrogen) atoms. The zero-order valence-electron chi connectivity index (χ0n) is 13.9. The van der Waals surface area contributed by atoms with Crippen LogP contribution in [0.15, 0.2) is 36.5 Å². The standard InChI is InChI=1S/C17H17ClN4O4/c1-21-14(23)8-12(16(21)10-3-2-4-11(18)7-10)17(26)19-13-5-6-22(20-13)9-15(24)25/h2-7,12,16H,8-9H2,1H3,(H,24,25)(H,19,20,26)/t12-,16-/m0/s1. The maximum absolute atomic E-state index is 12.7. The smallest absolute Gasteiger partial charge is 0.325 e. The van der Waals surface area contributed by atoms with Crippen molar-refractivity contribution in [2.24, 2.45) is 5.92 Å². The van der Waals surface area contributed by atoms with Gasteiger partial charge in [0.1, 0.15) is 6.54 Å². The van der Waals surface area contributed by atoms with Crippen LogP contribution in [0.5, 0.6) is 0 Å². The number of hydrogen-bond donors (Lipinski definition) is 2. The highest BCUT2D eigenvalue weighted by molar-refractivity contribution is 6.30. The molecule has 1 fully saturated rings. The maximum Gasteiger partial charge on any atom is 0.325 e. The molecule has 0 saturated carbocycles. The van der Waals surface area contributed by atoms with Crippen LogP contribution in [0.4, 0.5) is 5.82 Å². The molecule has 1 aromatic heterocycles. The Bertz CT molecular complexity index is 866. The van der Waals surface area contributed by atoms with Crippen LogP contribution in [0.2, 0.25) is 5.02 Å². The molecule has 1 saturated heterocycles. The van der Waals surface area contributed by atoms with Gasteiger partial charge in [-0.2, -0.15) is 5.10 Å². The van der Waals surface area contributed by atoms with E-state index in [4.69, 9.17) is 16.7 Å². The highest BCUT2D eigenvalue weighted by Gasteiger charge is 2.42. The van der Waals surface area contributed by atoms with Gasteiger partial charge in [-0.15, -0.1) is 0 Å². The topological polar surface area (TPSA) is 105 Å². The third kappa shape index (κ3) is 3.70. The molecule has 2 atom stereocenters. The molecule has 2 heterocycles. The molecule has 3 rings (SSSR count). The number of nitrogens with zero attached hydrogens (tertiary/aromatic N) is 3. The second-order valence-corrected chi connectivity index (χ2v) is 6.53. The minimum absolute atomic E-state index is 0.0787. The van der Waals surface area contributed by atoms with Crippen LogP contribution >= 0.6 is 11.6 Å². The molecule has 0 unspecified atom stereocenters. The first-order valence-corrected chi connectivity index (χ1v) is 8.30. The zero-order valence-corrected chi connectivity index (χ0v) is 14.7. The molecule has 1 aromatic carbocycles. The Morgan fingerprint density at radius 1 is 1.38 bits per heavy atom. The molecule has 0 radical (unpaired) electrons. The van der Waals surface area contributed by atoms with Gasteiger partial charge in [0.2, 0.25) is 11.8 Å². The Morgan fingerprint density at radius 2 is 2.15 bits per heavy atom. The molecule has 2 amide bonds. The lowest BCUT2D eigenvalue weighted by molar-refractivity contribution is -0.138. The van der Waals surface area contributed by atoms with E-state index in [2.05, 4.69) is 10.4 Å². The third-order valence-corrected chi connectivity index (χ3v) is 4.54. The highest BCUT2D eigenvalue weighted by atomic mass is 35.5. The lowest BCUT2D eigenvalue weighted by Crippen LogP contribution is -2.30. The van der Waals surface area contributed by atoms with E-state index in [-0.39, 0.29) is 30.6 Å². The molecular weight excluding hydrogens is 360 g/mol. The van der Waals surface area contributed by atoms with Crippen LogP contribution in [0.25, 0.3) is 0 Å². The summed E-state index contributed by atoms with van der Waals surface area (Å²) < 4.78 is 1.21. The van der Waals surface area contributed by atoms with Crippen LogP contribution in [0, 0.1) is 5.92 Å². The molecule has 9 heteroatoms. The van der Waals surface area contributed by atoms with Crippen molar-refractivity contribution in [1.29, 1.82) is 0 Å². The fourth-order valence-electron chi connectivity index (χ4n) is 3.13. The summed E-state index contributed by atoms with van der Waals surface area (Å²) >= 11 is 6.04. The van der Waals surface area contributed by atoms with Crippen molar-refractivity contribution in [3.63, 3.8) is 0 Å². The maximum atomic E-state index is 12.7. The number of carboxylic acid groups (broad SMARTS) is 1. The number of carboxylic acids is 1. The number of carbonyl (C=O) groups excluding carboxylic acids is 2. The van der Waals surface area contributed by atoms with Gasteiger partial charge in [-0.3, -0.25) is 19.1 Å². The van der Waals surface area contributed by atoms with Crippen LogP contribution in [0.1, 0.15) is 18.0 Å². The zero-order chi connectivity index (χ0) is 18.8. The number of likely N-dealkylation sites (tertiary alicyclic amines) is 1. The summed E-state index contributed by atoms with van der Waals surface area (Å²) in [5, 5.41) is 16.0. The first-order valence-electron chi connectivity index (χ1n) is 7.92. The predicted molar refractivity (Wildman–Crippen MR) is 93.6 cm³/mol. The van der Waals surface area contributed by atoms with Crippen LogP contribution in [0.3, 0.4) is 0 Å². The van der Waals surface area contributed by atoms with E-state index in [0.717, 1.165) is 5.56 Å². The van der Waals surface area contributed by atoms with E-state index < -0.39 is 17.9 Å². The second-order valence-electron chi connectivity index (χ2n) is 6.10. The Morgan fingerprint density at radius 3 is 2.85 bits per heavy atom. The largest absolute Gasteiger partial charge is 0.480 e. The van der Waals surface area contributed by atoms with Gasteiger partial charge < -0.3 is 15.3 Å². The molecule has 0 bridgehead atoms. The Kier molecular flexibility index (Phi) is 4.94. The van der Waals surface area contributed by atoms with Crippen molar-refractivity contribution in [2.75, 3.05) is 12.4 Å². The minimum Gasteiger partial charge on any atom is -0.480 e. The van der Waals surface area contributed by atoms with E-state index in [1.54, 1.807) is 30.1 Å². The number of halogens is 1. The lowest BCUT2D eigenvalue weighted by Gasteiger charge is -2.24. The van der Waals surface area contributed by atoms with Crippen LogP contribution < -0.4 is 5.32 Å². The predicted octanol–water partition coefficient (Wildman–Crippen LogP) is 1.78. The summed E-state index contributed by atoms with van der Waals surface area (Å²) in [4.78, 5) is 37.1. The third-order valence-electron chi connectivity index (χ3n) is 4.30. The Balaban J connectivity index is 1.79. The average molecular weight is 377 g/mol. The number of amides is 2. The van der Waals surface area contributed by atoms with E-state index in [1.807, 2.05) is 6.07 Å². The van der Waals surface area contributed by atoms with E-state index in [0.29, 0.717) is 5.02 Å². The summed E-state index contributed by atoms with van der Waals surface area (Å²) in [6.07, 6.45) is 1.54. The number of nitrogens with one attached hydrogen (secondary N) is 1. The number of benzene rings is 1. The summed E-state index contributed by atoms with van der Waals surface area (Å²) in [5.41, 5.74) is 0.780. The van der Waals surface area contributed by atoms with Crippen molar-refractivity contribution < 1.29 is 19.5 Å². The number of hydrogen-bond acceptors (Lipinski definition) is 4. The quantitative estimate of drug-likeness (QED) is 0.827. The fourth-order valence-corrected chi connectivity index (χ4v) is 3.32. The summed E-state index contributed by atoms with van der Waals surface area (Å²) in [5.74, 6) is -1.88. The van der Waals surface area contributed by atoms with Gasteiger partial charge in [-0.1, -0.05) is 23.7 Å². The molecule has 2 aromatic rings. The summed E-state index contributed by atoms with van der Waals surface area (Å²) in [7, 11) is 1.66. The van der Waals surface area contributed by atoms with Gasteiger partial charge in [0.05, 0.1) is 12.0 Å². The highest BCUT2D eigenvalue weighted by Crippen LogP contribution is 2.38. The first-order chi connectivity index (χ1) is 12.3. The number of rotatable bonds is 5. The van der Waals surface area contributed by atoms with Gasteiger partial charge in [0.15, 0.2) is 5.82 Å². The van der Waals surface area contributed by atoms with E-state index in [1.165, 1.54) is 16.9 Å². The lowest BCUT2D eigenvalue weighted by atomic mass is 9.93. The Hall–Kier alpha value is -2.87. The van der Waals surface area contributed by atoms with Gasteiger partial charge in [-0.25, -0.2) is 0 Å². The number of aromatic nitrogens is 2. The average Bonchev–Trinajstić information content (AvgIpc) is 3.11. The van der Waals surface area contributed by atoms with Gasteiger partial charge in [0, 0.05) is 30.8 Å². The molecule has 0 aliphatic carbocycles. The van der Waals surface area contributed by atoms with Crippen LogP contribution in [-0.2, 0) is 20.9 Å². The molecule has 1 aliphatic rings. The number of carbonyl (C=O) groups is 3. The van der Waals surface area contributed by atoms with Crippen molar-refractivity contribution in [1.82, 2.24) is 14.7 Å². The van der Waals surface area contributed by atoms with Crippen molar-refractivity contribution in [3.05, 3.63) is 47.1 Å². The molecule has 136 valence electrons. The molecule has 8 nitrogen and oxygen atoms in total. The fraction of sp³-hybridized carbons (Fsp3) is 0.294. The van der Waals surface area contributed by atoms with Crippen molar-refractivity contribution in [3.8, 4) is 0 Å². The minimum atomic E-state index is -1.03. The van der Waals surface area contributed by atoms with E-state index in [9.17, 15) is 14.4 Å². The first kappa shape index (κ1) is 17.9. The molecule has 0 spiro atoms. The number of anilines is 1. The SMILES string of the molecule is CN1C(=O)C[C@H](C(=O)Nc2ccn(CC(=O)O)n2)[C@@H]1c1cccc(Cl)c1. The van der Waals surface area contributed by atoms with Gasteiger partial charge in [-0.05, 0) is 17.7 Å². The summed E-state index contributed by atoms with van der Waals surface area (Å²) in [6.45, 7) is -0.300.